The molecule has 1 aromatic carbocycles. The van der Waals surface area contributed by atoms with Crippen LogP contribution < -0.4 is 5.32 Å². The van der Waals surface area contributed by atoms with Crippen molar-refractivity contribution < 1.29 is 9.84 Å². The van der Waals surface area contributed by atoms with E-state index < -0.39 is 11.9 Å². The number of aliphatic hydroxyl groups is 1. The predicted molar refractivity (Wildman–Crippen MR) is 79.8 cm³/mol. The Balaban J connectivity index is 2.21. The zero-order valence-corrected chi connectivity index (χ0v) is 11.5. The van der Waals surface area contributed by atoms with E-state index in [1.807, 2.05) is 43.5 Å². The van der Waals surface area contributed by atoms with E-state index in [4.69, 9.17) is 10.1 Å². The van der Waals surface area contributed by atoms with Crippen LogP contribution in [0.1, 0.15) is 12.0 Å². The lowest BCUT2D eigenvalue weighted by atomic mass is 10.0. The third-order valence-corrected chi connectivity index (χ3v) is 3.24. The lowest BCUT2D eigenvalue weighted by Gasteiger charge is -2.32. The van der Waals surface area contributed by atoms with E-state index in [2.05, 4.69) is 5.32 Å². The molecule has 0 aromatic heterocycles. The lowest BCUT2D eigenvalue weighted by Crippen LogP contribution is -2.38. The summed E-state index contributed by atoms with van der Waals surface area (Å²) >= 11 is 0. The molecule has 1 aromatic rings. The van der Waals surface area contributed by atoms with Gasteiger partial charge in [0.05, 0.1) is 5.71 Å². The molecule has 2 atom stereocenters. The second-order valence-electron chi connectivity index (χ2n) is 4.74. The van der Waals surface area contributed by atoms with Crippen molar-refractivity contribution in [2.75, 3.05) is 13.6 Å². The average Bonchev–Trinajstić information content (AvgIpc) is 2.48. The SMILES string of the molecule is CNCCC(O)(OC1C=CC=CC1=N)c1ccccc1. The lowest BCUT2D eigenvalue weighted by molar-refractivity contribution is -0.220. The third-order valence-electron chi connectivity index (χ3n) is 3.24. The minimum absolute atomic E-state index is 0.339. The number of nitrogens with one attached hydrogen (secondary N) is 2. The third kappa shape index (κ3) is 3.42. The molecule has 0 spiro atoms. The molecule has 1 aliphatic rings. The molecule has 2 unspecified atom stereocenters. The summed E-state index contributed by atoms with van der Waals surface area (Å²) in [7, 11) is 1.83. The predicted octanol–water partition coefficient (Wildman–Crippen LogP) is 1.97. The quantitative estimate of drug-likeness (QED) is 0.694. The Labute approximate surface area is 119 Å². The van der Waals surface area contributed by atoms with Crippen molar-refractivity contribution in [3.05, 3.63) is 60.2 Å². The van der Waals surface area contributed by atoms with Crippen LogP contribution in [0.5, 0.6) is 0 Å². The van der Waals surface area contributed by atoms with Crippen LogP contribution in [0.25, 0.3) is 0 Å². The van der Waals surface area contributed by atoms with E-state index in [0.29, 0.717) is 24.2 Å². The Morgan fingerprint density at radius 2 is 2.05 bits per heavy atom. The number of hydrogen-bond acceptors (Lipinski definition) is 4. The van der Waals surface area contributed by atoms with E-state index in [0.717, 1.165) is 0 Å². The molecule has 2 rings (SSSR count). The van der Waals surface area contributed by atoms with Gasteiger partial charge in [0.2, 0.25) is 0 Å². The van der Waals surface area contributed by atoms with Gasteiger partial charge in [-0.1, -0.05) is 42.5 Å². The Kier molecular flexibility index (Phi) is 4.84. The molecule has 0 saturated heterocycles. The van der Waals surface area contributed by atoms with Gasteiger partial charge in [0, 0.05) is 18.5 Å². The smallest absolute Gasteiger partial charge is 0.194 e. The van der Waals surface area contributed by atoms with Crippen LogP contribution in [0, 0.1) is 5.41 Å². The highest BCUT2D eigenvalue weighted by atomic mass is 16.6. The molecule has 0 heterocycles. The fraction of sp³-hybridized carbons (Fsp3) is 0.312. The maximum atomic E-state index is 10.9. The molecule has 0 aliphatic heterocycles. The van der Waals surface area contributed by atoms with E-state index in [9.17, 15) is 5.11 Å². The van der Waals surface area contributed by atoms with Crippen molar-refractivity contribution in [1.82, 2.24) is 5.32 Å². The van der Waals surface area contributed by atoms with Gasteiger partial charge in [-0.15, -0.1) is 0 Å². The van der Waals surface area contributed by atoms with Crippen LogP contribution in [-0.4, -0.2) is 30.5 Å². The number of ether oxygens (including phenoxy) is 1. The van der Waals surface area contributed by atoms with Crippen LogP contribution in [-0.2, 0) is 10.5 Å². The molecule has 4 nitrogen and oxygen atoms in total. The first kappa shape index (κ1) is 14.7. The van der Waals surface area contributed by atoms with Gasteiger partial charge in [0.25, 0.3) is 0 Å². The van der Waals surface area contributed by atoms with Crippen molar-refractivity contribution >= 4 is 5.71 Å². The highest BCUT2D eigenvalue weighted by Gasteiger charge is 2.33. The van der Waals surface area contributed by atoms with Gasteiger partial charge in [-0.25, -0.2) is 0 Å². The van der Waals surface area contributed by atoms with Gasteiger partial charge in [-0.3, -0.25) is 0 Å². The first-order valence-electron chi connectivity index (χ1n) is 6.69. The van der Waals surface area contributed by atoms with Gasteiger partial charge >= 0.3 is 0 Å². The zero-order valence-electron chi connectivity index (χ0n) is 11.5. The minimum Gasteiger partial charge on any atom is -0.362 e. The Hall–Kier alpha value is -1.75. The van der Waals surface area contributed by atoms with E-state index in [1.54, 1.807) is 18.2 Å². The summed E-state index contributed by atoms with van der Waals surface area (Å²) in [5.41, 5.74) is 1.04. The number of benzene rings is 1. The standard InChI is InChI=1S/C16H20N2O2/c1-18-12-11-16(19,13-7-3-2-4-8-13)20-15-10-6-5-9-14(15)17/h2-10,15,17-19H,11-12H2,1H3. The first-order chi connectivity index (χ1) is 9.65. The molecule has 3 N–H and O–H groups in total. The molecule has 0 amide bonds. The van der Waals surface area contributed by atoms with E-state index >= 15 is 0 Å². The van der Waals surface area contributed by atoms with E-state index in [-0.39, 0.29) is 0 Å². The van der Waals surface area contributed by atoms with Crippen molar-refractivity contribution in [2.24, 2.45) is 0 Å². The molecule has 0 radical (unpaired) electrons. The summed E-state index contributed by atoms with van der Waals surface area (Å²) in [6.07, 6.45) is 6.95. The number of hydrogen-bond donors (Lipinski definition) is 3. The fourth-order valence-electron chi connectivity index (χ4n) is 2.10. The van der Waals surface area contributed by atoms with Crippen LogP contribution >= 0.6 is 0 Å². The summed E-state index contributed by atoms with van der Waals surface area (Å²) in [5, 5.41) is 21.8. The maximum absolute atomic E-state index is 10.9. The zero-order chi connectivity index (χ0) is 14.4. The Morgan fingerprint density at radius 1 is 1.30 bits per heavy atom. The van der Waals surface area contributed by atoms with Crippen molar-refractivity contribution in [3.63, 3.8) is 0 Å². The van der Waals surface area contributed by atoms with Crippen molar-refractivity contribution in [1.29, 1.82) is 5.41 Å². The average molecular weight is 272 g/mol. The summed E-state index contributed by atoms with van der Waals surface area (Å²) in [6.45, 7) is 0.616. The Morgan fingerprint density at radius 3 is 2.70 bits per heavy atom. The highest BCUT2D eigenvalue weighted by Crippen LogP contribution is 2.29. The van der Waals surface area contributed by atoms with Gasteiger partial charge in [-0.05, 0) is 19.2 Å². The topological polar surface area (TPSA) is 65.3 Å². The van der Waals surface area contributed by atoms with Crippen LogP contribution in [0.15, 0.2) is 54.6 Å². The van der Waals surface area contributed by atoms with Crippen LogP contribution in [0.2, 0.25) is 0 Å². The molecule has 0 fully saturated rings. The Bertz CT molecular complexity index is 510. The second-order valence-corrected chi connectivity index (χ2v) is 4.74. The molecule has 0 bridgehead atoms. The minimum atomic E-state index is -1.41. The normalized spacial score (nSPS) is 20.9. The second kappa shape index (κ2) is 6.61. The molecule has 20 heavy (non-hydrogen) atoms. The molecule has 1 aliphatic carbocycles. The van der Waals surface area contributed by atoms with Crippen molar-refractivity contribution in [3.8, 4) is 0 Å². The maximum Gasteiger partial charge on any atom is 0.194 e. The largest absolute Gasteiger partial charge is 0.362 e. The monoisotopic (exact) mass is 272 g/mol. The van der Waals surface area contributed by atoms with Gasteiger partial charge in [-0.2, -0.15) is 0 Å². The van der Waals surface area contributed by atoms with Crippen LogP contribution in [0.3, 0.4) is 0 Å². The van der Waals surface area contributed by atoms with Gasteiger partial charge in [0.15, 0.2) is 5.79 Å². The molecular formula is C16H20N2O2. The first-order valence-corrected chi connectivity index (χ1v) is 6.69. The summed E-state index contributed by atoms with van der Waals surface area (Å²) in [5.74, 6) is -1.41. The van der Waals surface area contributed by atoms with Crippen molar-refractivity contribution in [2.45, 2.75) is 18.3 Å². The highest BCUT2D eigenvalue weighted by molar-refractivity contribution is 5.98. The molecule has 106 valence electrons. The number of rotatable bonds is 6. The fourth-order valence-corrected chi connectivity index (χ4v) is 2.10. The molecule has 0 saturated carbocycles. The summed E-state index contributed by atoms with van der Waals surface area (Å²) in [6, 6.07) is 9.30. The number of allylic oxidation sites excluding steroid dienone is 2. The van der Waals surface area contributed by atoms with Gasteiger partial charge in [0.1, 0.15) is 6.10 Å². The molecular weight excluding hydrogens is 252 g/mol. The summed E-state index contributed by atoms with van der Waals surface area (Å²) < 4.78 is 5.83. The van der Waals surface area contributed by atoms with Gasteiger partial charge < -0.3 is 20.6 Å². The van der Waals surface area contributed by atoms with E-state index in [1.165, 1.54) is 0 Å². The van der Waals surface area contributed by atoms with Crippen LogP contribution in [0.4, 0.5) is 0 Å². The molecule has 4 heteroatoms. The summed E-state index contributed by atoms with van der Waals surface area (Å²) in [4.78, 5) is 0.